The first kappa shape index (κ1) is 32.1. The second kappa shape index (κ2) is 11.2. The van der Waals surface area contributed by atoms with Crippen molar-refractivity contribution in [2.45, 2.75) is 67.7 Å². The van der Waals surface area contributed by atoms with Crippen molar-refractivity contribution < 1.29 is 34.0 Å². The van der Waals surface area contributed by atoms with Crippen molar-refractivity contribution in [2.24, 2.45) is 0 Å². The molecule has 7 aliphatic rings. The smallest absolute Gasteiger partial charge is 0.333 e. The van der Waals surface area contributed by atoms with E-state index < -0.39 is 40.9 Å². The largest absolute Gasteiger partial charge is 0.507 e. The number of aromatic nitrogens is 1. The Morgan fingerprint density at radius 3 is 2.71 bits per heavy atom. The molecule has 4 bridgehead atoms. The molecule has 3 unspecified atom stereocenters. The van der Waals surface area contributed by atoms with Crippen molar-refractivity contribution in [1.82, 2.24) is 20.1 Å². The molecule has 3 aromatic carbocycles. The number of hydrogen-bond acceptors (Lipinski definition) is 12. The Kier molecular flexibility index (Phi) is 6.91. The number of esters is 1. The van der Waals surface area contributed by atoms with Gasteiger partial charge in [-0.1, -0.05) is 24.3 Å². The molecule has 13 heteroatoms. The van der Waals surface area contributed by atoms with Crippen LogP contribution in [-0.2, 0) is 27.9 Å². The van der Waals surface area contributed by atoms with Gasteiger partial charge >= 0.3 is 5.97 Å². The zero-order chi connectivity index (χ0) is 35.8. The number of ether oxygens (including phenoxy) is 4. The van der Waals surface area contributed by atoms with E-state index >= 15 is 0 Å². The Balaban J connectivity index is 1.23. The fourth-order valence-electron chi connectivity index (χ4n) is 10.3. The number of hydrogen-bond donors (Lipinski definition) is 4. The number of fused-ring (bicyclic) bond motifs is 11. The number of phenols is 2. The van der Waals surface area contributed by atoms with Gasteiger partial charge in [-0.25, -0.2) is 4.79 Å². The number of methoxy groups -OCH3 is 1. The molecule has 1 aromatic heterocycles. The predicted molar refractivity (Wildman–Crippen MR) is 192 cm³/mol. The van der Waals surface area contributed by atoms with Crippen molar-refractivity contribution in [2.75, 3.05) is 39.9 Å². The predicted octanol–water partition coefficient (Wildman–Crippen LogP) is 4.53. The molecule has 1 spiro atoms. The number of H-pyrrole nitrogens is 1. The van der Waals surface area contributed by atoms with Crippen LogP contribution in [0.2, 0.25) is 0 Å². The number of rotatable bonds is 1. The van der Waals surface area contributed by atoms with E-state index in [0.29, 0.717) is 46.9 Å². The molecular weight excluding hydrogens is 683 g/mol. The van der Waals surface area contributed by atoms with Crippen LogP contribution in [0.3, 0.4) is 0 Å². The number of phenolic OH excluding ortho intramolecular Hbond substituents is 2. The molecule has 12 nitrogen and oxygen atoms in total. The molecule has 11 rings (SSSR count). The van der Waals surface area contributed by atoms with Gasteiger partial charge in [0, 0.05) is 57.5 Å². The van der Waals surface area contributed by atoms with E-state index in [1.807, 2.05) is 39.1 Å². The third-order valence-electron chi connectivity index (χ3n) is 12.6. The number of para-hydroxylation sites is 1. The highest BCUT2D eigenvalue weighted by Crippen LogP contribution is 2.64. The number of carbonyl (C=O) groups excluding carboxylic acids is 1. The Morgan fingerprint density at radius 1 is 1.10 bits per heavy atom. The first-order valence-electron chi connectivity index (χ1n) is 17.8. The number of likely N-dealkylation sites (N-methyl/N-ethyl adjacent to an activating group) is 1. The lowest BCUT2D eigenvalue weighted by Crippen LogP contribution is -2.69. The summed E-state index contributed by atoms with van der Waals surface area (Å²) in [5, 5.41) is 39.5. The van der Waals surface area contributed by atoms with E-state index in [1.54, 1.807) is 18.9 Å². The summed E-state index contributed by atoms with van der Waals surface area (Å²) < 4.78 is 24.3. The number of thioether (sulfide) groups is 1. The summed E-state index contributed by atoms with van der Waals surface area (Å²) >= 11 is 1.56. The molecule has 268 valence electrons. The van der Waals surface area contributed by atoms with Crippen molar-refractivity contribution in [3.05, 3.63) is 75.0 Å². The van der Waals surface area contributed by atoms with Gasteiger partial charge in [-0.05, 0) is 56.5 Å². The van der Waals surface area contributed by atoms with Crippen LogP contribution in [0.4, 0.5) is 0 Å². The van der Waals surface area contributed by atoms with E-state index in [0.717, 1.165) is 45.3 Å². The zero-order valence-corrected chi connectivity index (χ0v) is 30.1. The lowest BCUT2D eigenvalue weighted by atomic mass is 9.71. The number of nitriles is 1. The molecular formula is C39H39N5O7S. The minimum atomic E-state index is -1.20. The van der Waals surface area contributed by atoms with Crippen LogP contribution in [0.15, 0.2) is 30.3 Å². The summed E-state index contributed by atoms with van der Waals surface area (Å²) in [6.45, 7) is 4.24. The fraction of sp³-hybridized carbons (Fsp3) is 0.436. The monoisotopic (exact) mass is 721 g/mol. The number of aromatic hydroxyl groups is 2. The van der Waals surface area contributed by atoms with Crippen molar-refractivity contribution >= 4 is 28.6 Å². The number of nitrogens with zero attached hydrogens (tertiary/aromatic N) is 3. The van der Waals surface area contributed by atoms with Gasteiger partial charge in [0.2, 0.25) is 6.79 Å². The summed E-state index contributed by atoms with van der Waals surface area (Å²) in [4.78, 5) is 22.7. The average molecular weight is 722 g/mol. The quantitative estimate of drug-likeness (QED) is 0.204. The van der Waals surface area contributed by atoms with Gasteiger partial charge in [0.15, 0.2) is 28.5 Å². The molecule has 0 saturated carbocycles. The highest BCUT2D eigenvalue weighted by Gasteiger charge is 2.61. The maximum Gasteiger partial charge on any atom is 0.333 e. The number of piperazine rings is 1. The molecule has 4 aromatic rings. The van der Waals surface area contributed by atoms with E-state index in [4.69, 9.17) is 18.9 Å². The SMILES string of the molecule is COc1c(C)cc2c(c1O)C1C3[C@@H]4SC[C@]5(NCCc6c5[nH]c5ccccc65)C(=O)OC[C@@H](c5c6c(c(C)c(O)c54)OCO6)N3[C@@H](C#N)C(C2)N1C. The minimum absolute atomic E-state index is 0.00787. The van der Waals surface area contributed by atoms with Gasteiger partial charge < -0.3 is 34.1 Å². The molecule has 52 heavy (non-hydrogen) atoms. The molecule has 4 N–H and O–H groups in total. The first-order chi connectivity index (χ1) is 25.2. The molecule has 0 amide bonds. The van der Waals surface area contributed by atoms with Crippen LogP contribution in [0.5, 0.6) is 28.7 Å². The Morgan fingerprint density at radius 2 is 1.90 bits per heavy atom. The average Bonchev–Trinajstić information content (AvgIpc) is 3.78. The van der Waals surface area contributed by atoms with E-state index in [2.05, 4.69) is 38.3 Å². The second-order valence-corrected chi connectivity index (χ2v) is 16.0. The topological polar surface area (TPSA) is 153 Å². The molecule has 7 atom stereocenters. The maximum absolute atomic E-state index is 14.7. The molecule has 0 aliphatic carbocycles. The molecule has 2 saturated heterocycles. The van der Waals surface area contributed by atoms with Crippen molar-refractivity contribution in [1.29, 1.82) is 5.26 Å². The van der Waals surface area contributed by atoms with E-state index in [1.165, 1.54) is 0 Å². The molecule has 8 heterocycles. The molecule has 7 aliphatic heterocycles. The fourth-order valence-corrected chi connectivity index (χ4v) is 12.0. The van der Waals surface area contributed by atoms with Gasteiger partial charge in [-0.2, -0.15) is 5.26 Å². The van der Waals surface area contributed by atoms with Crippen LogP contribution in [0, 0.1) is 25.2 Å². The third-order valence-corrected chi connectivity index (χ3v) is 14.0. The summed E-state index contributed by atoms with van der Waals surface area (Å²) in [6, 6.07) is 10.5. The summed E-state index contributed by atoms with van der Waals surface area (Å²) in [5.41, 5.74) is 6.16. The van der Waals surface area contributed by atoms with Gasteiger partial charge in [0.05, 0.1) is 36.2 Å². The maximum atomic E-state index is 14.7. The second-order valence-electron chi connectivity index (χ2n) is 14.9. The Bertz CT molecular complexity index is 2270. The van der Waals surface area contributed by atoms with Crippen LogP contribution >= 0.6 is 11.8 Å². The lowest BCUT2D eigenvalue weighted by molar-refractivity contribution is -0.157. The number of nitrogens with one attached hydrogen (secondary N) is 2. The van der Waals surface area contributed by atoms with Gasteiger partial charge in [-0.3, -0.25) is 15.1 Å². The Hall–Kier alpha value is -4.61. The van der Waals surface area contributed by atoms with Crippen LogP contribution in [-0.4, -0.2) is 88.9 Å². The van der Waals surface area contributed by atoms with E-state index in [-0.39, 0.29) is 36.7 Å². The summed E-state index contributed by atoms with van der Waals surface area (Å²) in [7, 11) is 3.59. The lowest BCUT2D eigenvalue weighted by Gasteiger charge is -2.62. The van der Waals surface area contributed by atoms with E-state index in [9.17, 15) is 20.3 Å². The van der Waals surface area contributed by atoms with Crippen molar-refractivity contribution in [3.8, 4) is 34.8 Å². The number of carbonyl (C=O) groups is 1. The number of aryl methyl sites for hydroxylation is 1. The van der Waals surface area contributed by atoms with Crippen LogP contribution < -0.4 is 19.5 Å². The normalized spacial score (nSPS) is 30.2. The van der Waals surface area contributed by atoms with Gasteiger partial charge in [-0.15, -0.1) is 11.8 Å². The first-order valence-corrected chi connectivity index (χ1v) is 18.8. The zero-order valence-electron chi connectivity index (χ0n) is 29.3. The third kappa shape index (κ3) is 3.95. The Labute approximate surface area is 304 Å². The van der Waals surface area contributed by atoms with Crippen LogP contribution in [0.25, 0.3) is 10.9 Å². The molecule has 2 fully saturated rings. The van der Waals surface area contributed by atoms with Crippen molar-refractivity contribution in [3.63, 3.8) is 0 Å². The highest BCUT2D eigenvalue weighted by molar-refractivity contribution is 7.99. The highest BCUT2D eigenvalue weighted by atomic mass is 32.2. The minimum Gasteiger partial charge on any atom is -0.507 e. The summed E-state index contributed by atoms with van der Waals surface area (Å²) in [5.74, 6) is 1.47. The molecule has 0 radical (unpaired) electrons. The number of benzene rings is 3. The summed E-state index contributed by atoms with van der Waals surface area (Å²) in [6.07, 6.45) is 1.29. The van der Waals surface area contributed by atoms with Gasteiger partial charge in [0.1, 0.15) is 18.4 Å². The van der Waals surface area contributed by atoms with Crippen LogP contribution in [0.1, 0.15) is 62.0 Å². The number of aromatic amines is 1. The van der Waals surface area contributed by atoms with Gasteiger partial charge in [0.25, 0.3) is 0 Å². The standard InChI is InChI=1S/C39H39N5O7S/c1-17-11-19-12-23-24(13-40)44-25-14-49-38(47)39(37-21(9-10-41-39)20-7-5-6-8-22(20)42-37)15-52-36(28-27(25)35-34(50-16-51-35)18(2)31(28)45)30(44)29(43(23)3)26(19)32(46)33(17)48-4/h5-8,11,23-25,29-30,36,41-42,45-46H,9-10,12,14-16H2,1-4H3/t23?,24-,25-,29?,30?,36+,39+/m0/s1.